The third-order valence-electron chi connectivity index (χ3n) is 2.69. The van der Waals surface area contributed by atoms with Gasteiger partial charge in [0.1, 0.15) is 16.7 Å². The largest absolute Gasteiger partial charge is 0.481 e. The van der Waals surface area contributed by atoms with Gasteiger partial charge in [-0.25, -0.2) is 15.0 Å². The van der Waals surface area contributed by atoms with Crippen molar-refractivity contribution in [3.63, 3.8) is 0 Å². The molecule has 0 aliphatic heterocycles. The number of hydrogen-bond donors (Lipinski definition) is 2. The van der Waals surface area contributed by atoms with Crippen LogP contribution in [0, 0.1) is 0 Å². The third-order valence-corrected chi connectivity index (χ3v) is 3.42. The molecule has 0 unspecified atom stereocenters. The van der Waals surface area contributed by atoms with Gasteiger partial charge in [0.15, 0.2) is 0 Å². The minimum atomic E-state index is -0.885. The highest BCUT2D eigenvalue weighted by Gasteiger charge is 2.07. The van der Waals surface area contributed by atoms with Crippen LogP contribution in [0.25, 0.3) is 10.3 Å². The zero-order valence-corrected chi connectivity index (χ0v) is 11.5. The Morgan fingerprint density at radius 2 is 2.10 bits per heavy atom. The molecule has 0 radical (unpaired) electrons. The van der Waals surface area contributed by atoms with Gasteiger partial charge in [0.2, 0.25) is 5.91 Å². The Morgan fingerprint density at radius 1 is 1.25 bits per heavy atom. The Balaban J connectivity index is 1.77. The fraction of sp³-hybridized carbons (Fsp3) is 0.417. The summed E-state index contributed by atoms with van der Waals surface area (Å²) < 4.78 is 0. The minimum Gasteiger partial charge on any atom is -0.481 e. The summed E-state index contributed by atoms with van der Waals surface area (Å²) in [6.07, 6.45) is 2.66. The van der Waals surface area contributed by atoms with E-state index in [1.165, 1.54) is 17.7 Å². The van der Waals surface area contributed by atoms with Gasteiger partial charge in [-0.05, 0) is 6.42 Å². The highest BCUT2D eigenvalue weighted by atomic mass is 32.1. The maximum Gasteiger partial charge on any atom is 0.303 e. The molecular formula is C12H14N4O3S. The maximum atomic E-state index is 11.5. The van der Waals surface area contributed by atoms with Gasteiger partial charge in [0, 0.05) is 25.8 Å². The molecule has 20 heavy (non-hydrogen) atoms. The predicted molar refractivity (Wildman–Crippen MR) is 73.4 cm³/mol. The van der Waals surface area contributed by atoms with Crippen molar-refractivity contribution in [3.05, 3.63) is 17.5 Å². The Morgan fingerprint density at radius 3 is 2.90 bits per heavy atom. The van der Waals surface area contributed by atoms with Crippen molar-refractivity contribution in [2.45, 2.75) is 25.7 Å². The number of nitrogens with zero attached hydrogens (tertiary/aromatic N) is 3. The number of amides is 1. The fourth-order valence-corrected chi connectivity index (χ4v) is 2.38. The molecule has 8 heteroatoms. The zero-order chi connectivity index (χ0) is 14.4. The first-order valence-electron chi connectivity index (χ1n) is 6.18. The van der Waals surface area contributed by atoms with Crippen LogP contribution in [-0.4, -0.2) is 38.5 Å². The Hall–Kier alpha value is -2.09. The molecule has 7 nitrogen and oxygen atoms in total. The quantitative estimate of drug-likeness (QED) is 0.789. The molecule has 0 bridgehead atoms. The molecule has 0 aliphatic carbocycles. The van der Waals surface area contributed by atoms with Crippen molar-refractivity contribution in [1.29, 1.82) is 0 Å². The highest BCUT2D eigenvalue weighted by molar-refractivity contribution is 7.16. The van der Waals surface area contributed by atoms with E-state index in [0.29, 0.717) is 19.4 Å². The molecule has 0 saturated carbocycles. The number of carbonyl (C=O) groups is 2. The number of fused-ring (bicyclic) bond motifs is 1. The van der Waals surface area contributed by atoms with Gasteiger partial charge in [0.25, 0.3) is 0 Å². The van der Waals surface area contributed by atoms with Crippen molar-refractivity contribution in [3.8, 4) is 0 Å². The average molecular weight is 294 g/mol. The van der Waals surface area contributed by atoms with E-state index in [9.17, 15) is 9.59 Å². The molecule has 0 saturated heterocycles. The van der Waals surface area contributed by atoms with Crippen LogP contribution in [0.5, 0.6) is 0 Å². The van der Waals surface area contributed by atoms with Crippen molar-refractivity contribution in [2.75, 3.05) is 6.54 Å². The number of carbonyl (C=O) groups excluding carboxylic acids is 1. The number of carboxylic acid groups (broad SMARTS) is 1. The predicted octanol–water partition coefficient (Wildman–Crippen LogP) is 1.000. The first kappa shape index (κ1) is 14.3. The van der Waals surface area contributed by atoms with Gasteiger partial charge in [-0.15, -0.1) is 11.3 Å². The van der Waals surface area contributed by atoms with Gasteiger partial charge in [-0.3, -0.25) is 9.59 Å². The molecule has 0 fully saturated rings. The number of aliphatic carboxylic acids is 1. The molecule has 0 spiro atoms. The lowest BCUT2D eigenvalue weighted by atomic mass is 10.2. The average Bonchev–Trinajstić information content (AvgIpc) is 2.87. The van der Waals surface area contributed by atoms with E-state index < -0.39 is 5.97 Å². The Bertz CT molecular complexity index is 614. The number of hydrogen-bond acceptors (Lipinski definition) is 6. The number of thiazole rings is 1. The molecular weight excluding hydrogens is 280 g/mol. The number of aromatic nitrogens is 3. The van der Waals surface area contributed by atoms with Crippen molar-refractivity contribution >= 4 is 33.6 Å². The Kier molecular flexibility index (Phi) is 4.94. The topological polar surface area (TPSA) is 105 Å². The number of nitrogens with one attached hydrogen (secondary N) is 1. The maximum absolute atomic E-state index is 11.5. The molecule has 2 aromatic rings. The van der Waals surface area contributed by atoms with Crippen LogP contribution in [0.2, 0.25) is 0 Å². The molecule has 0 aliphatic rings. The van der Waals surface area contributed by atoms with Crippen molar-refractivity contribution in [1.82, 2.24) is 20.3 Å². The summed E-state index contributed by atoms with van der Waals surface area (Å²) in [7, 11) is 0. The highest BCUT2D eigenvalue weighted by Crippen LogP contribution is 2.16. The summed E-state index contributed by atoms with van der Waals surface area (Å²) in [5.41, 5.74) is 3.30. The second-order valence-corrected chi connectivity index (χ2v) is 5.01. The van der Waals surface area contributed by atoms with Crippen LogP contribution in [0.1, 0.15) is 25.0 Å². The molecule has 106 valence electrons. The zero-order valence-electron chi connectivity index (χ0n) is 10.7. The van der Waals surface area contributed by atoms with E-state index in [0.717, 1.165) is 16.0 Å². The van der Waals surface area contributed by atoms with Crippen LogP contribution in [0.15, 0.2) is 11.8 Å². The third kappa shape index (κ3) is 3.95. The summed E-state index contributed by atoms with van der Waals surface area (Å²) in [6, 6.07) is 0. The number of carboxylic acids is 1. The second kappa shape index (κ2) is 6.90. The van der Waals surface area contributed by atoms with E-state index in [1.807, 2.05) is 0 Å². The fourth-order valence-electron chi connectivity index (χ4n) is 1.73. The molecule has 0 atom stereocenters. The smallest absolute Gasteiger partial charge is 0.303 e. The van der Waals surface area contributed by atoms with Gasteiger partial charge < -0.3 is 10.4 Å². The van der Waals surface area contributed by atoms with E-state index in [-0.39, 0.29) is 18.7 Å². The molecule has 0 aromatic carbocycles. The van der Waals surface area contributed by atoms with Crippen LogP contribution >= 0.6 is 11.3 Å². The monoisotopic (exact) mass is 294 g/mol. The van der Waals surface area contributed by atoms with Crippen molar-refractivity contribution in [2.24, 2.45) is 0 Å². The molecule has 2 N–H and O–H groups in total. The minimum absolute atomic E-state index is 0.0127. The summed E-state index contributed by atoms with van der Waals surface area (Å²) in [5.74, 6) is -1.03. The van der Waals surface area contributed by atoms with E-state index in [4.69, 9.17) is 5.11 Å². The lowest BCUT2D eigenvalue weighted by Gasteiger charge is -2.04. The van der Waals surface area contributed by atoms with E-state index >= 15 is 0 Å². The van der Waals surface area contributed by atoms with Crippen LogP contribution in [0.4, 0.5) is 0 Å². The first-order valence-corrected chi connectivity index (χ1v) is 7.06. The molecule has 2 rings (SSSR count). The normalized spacial score (nSPS) is 10.6. The molecule has 2 aromatic heterocycles. The van der Waals surface area contributed by atoms with E-state index in [2.05, 4.69) is 20.3 Å². The van der Waals surface area contributed by atoms with Gasteiger partial charge in [0.05, 0.1) is 11.2 Å². The van der Waals surface area contributed by atoms with Gasteiger partial charge >= 0.3 is 5.97 Å². The Labute approximate surface area is 119 Å². The van der Waals surface area contributed by atoms with Crippen LogP contribution < -0.4 is 5.32 Å². The summed E-state index contributed by atoms with van der Waals surface area (Å²) in [6.45, 7) is 0.454. The number of rotatable bonds is 7. The van der Waals surface area contributed by atoms with Gasteiger partial charge in [-0.1, -0.05) is 0 Å². The first-order chi connectivity index (χ1) is 9.66. The lowest BCUT2D eigenvalue weighted by Crippen LogP contribution is -2.25. The summed E-state index contributed by atoms with van der Waals surface area (Å²) in [5, 5.41) is 11.2. The van der Waals surface area contributed by atoms with Crippen molar-refractivity contribution < 1.29 is 14.7 Å². The molecule has 2 heterocycles. The molecule has 1 amide bonds. The summed E-state index contributed by atoms with van der Waals surface area (Å²) >= 11 is 1.45. The lowest BCUT2D eigenvalue weighted by molar-refractivity contribution is -0.137. The van der Waals surface area contributed by atoms with Gasteiger partial charge in [-0.2, -0.15) is 0 Å². The van der Waals surface area contributed by atoms with Crippen LogP contribution in [0.3, 0.4) is 0 Å². The summed E-state index contributed by atoms with van der Waals surface area (Å²) in [4.78, 5) is 35.1. The second-order valence-electron chi connectivity index (χ2n) is 4.17. The van der Waals surface area contributed by atoms with Crippen LogP contribution in [-0.2, 0) is 16.0 Å². The standard InChI is InChI=1S/C12H14N4O3S/c17-9(2-1-3-10(18)19)13-5-4-8-11-12(15-6-14-8)20-7-16-11/h6-7H,1-5H2,(H,13,17)(H,18,19). The SMILES string of the molecule is O=C(O)CCCC(=O)NCCc1ncnc2scnc12. The van der Waals surface area contributed by atoms with E-state index in [1.54, 1.807) is 5.51 Å².